The van der Waals surface area contributed by atoms with Crippen molar-refractivity contribution in [3.8, 4) is 11.5 Å². The van der Waals surface area contributed by atoms with Crippen molar-refractivity contribution in [2.24, 2.45) is 5.92 Å². The van der Waals surface area contributed by atoms with Gasteiger partial charge in [0.1, 0.15) is 12.3 Å². The van der Waals surface area contributed by atoms with E-state index in [1.165, 1.54) is 11.8 Å². The van der Waals surface area contributed by atoms with Crippen LogP contribution in [0, 0.1) is 5.92 Å². The van der Waals surface area contributed by atoms with Gasteiger partial charge in [-0.1, -0.05) is 25.6 Å². The summed E-state index contributed by atoms with van der Waals surface area (Å²) in [6.07, 6.45) is 5.57. The molecule has 0 spiro atoms. The summed E-state index contributed by atoms with van der Waals surface area (Å²) in [5, 5.41) is 0.550. The van der Waals surface area contributed by atoms with Crippen LogP contribution in [-0.2, 0) is 9.53 Å². The molecule has 2 aliphatic rings. The highest BCUT2D eigenvalue weighted by molar-refractivity contribution is 7.99. The Bertz CT molecular complexity index is 897. The molecule has 0 N–H and O–H groups in total. The van der Waals surface area contributed by atoms with Gasteiger partial charge < -0.3 is 14.1 Å². The van der Waals surface area contributed by atoms with Crippen LogP contribution in [-0.4, -0.2) is 69.3 Å². The fourth-order valence-electron chi connectivity index (χ4n) is 4.23. The Morgan fingerprint density at radius 2 is 2.10 bits per heavy atom. The van der Waals surface area contributed by atoms with Crippen molar-refractivity contribution in [2.45, 2.75) is 50.4 Å². The van der Waals surface area contributed by atoms with Gasteiger partial charge in [-0.15, -0.1) is 0 Å². The van der Waals surface area contributed by atoms with Gasteiger partial charge in [-0.2, -0.15) is 0 Å². The molecule has 4 rings (SSSR count). The lowest BCUT2D eigenvalue weighted by atomic mass is 9.98. The number of carbonyl (C=O) groups is 2. The van der Waals surface area contributed by atoms with Gasteiger partial charge in [0.25, 0.3) is 0 Å². The molecular formula is C22H28N4O4S. The first-order valence-electron chi connectivity index (χ1n) is 10.7. The molecule has 31 heavy (non-hydrogen) atoms. The van der Waals surface area contributed by atoms with E-state index in [0.29, 0.717) is 42.2 Å². The van der Waals surface area contributed by atoms with Crippen molar-refractivity contribution in [2.75, 3.05) is 25.4 Å². The number of piperidine rings is 1. The molecule has 0 aliphatic carbocycles. The molecule has 0 saturated carbocycles. The normalized spacial score (nSPS) is 19.8. The number of thioether (sulfide) groups is 1. The average molecular weight is 445 g/mol. The Labute approximate surface area is 186 Å². The first-order valence-corrected chi connectivity index (χ1v) is 11.7. The van der Waals surface area contributed by atoms with Crippen LogP contribution >= 0.6 is 11.8 Å². The SMILES string of the molecule is CC(C)C[C@@H]1COC(=O)N1C1CCN(C(=O)CSc2nccc(-c3ccco3)n2)CC1. The summed E-state index contributed by atoms with van der Waals surface area (Å²) in [5.41, 5.74) is 0.698. The molecule has 2 aromatic rings. The Morgan fingerprint density at radius 1 is 1.29 bits per heavy atom. The van der Waals surface area contributed by atoms with Gasteiger partial charge in [0.15, 0.2) is 10.9 Å². The van der Waals surface area contributed by atoms with Gasteiger partial charge in [-0.3, -0.25) is 9.69 Å². The zero-order valence-electron chi connectivity index (χ0n) is 17.9. The largest absolute Gasteiger partial charge is 0.463 e. The zero-order valence-corrected chi connectivity index (χ0v) is 18.7. The minimum Gasteiger partial charge on any atom is -0.463 e. The Kier molecular flexibility index (Phi) is 6.80. The number of rotatable bonds is 7. The number of furan rings is 1. The van der Waals surface area contributed by atoms with Crippen LogP contribution in [0.1, 0.15) is 33.1 Å². The van der Waals surface area contributed by atoms with Crippen molar-refractivity contribution in [3.63, 3.8) is 0 Å². The predicted octanol–water partition coefficient (Wildman–Crippen LogP) is 3.69. The number of hydrogen-bond donors (Lipinski definition) is 0. The summed E-state index contributed by atoms with van der Waals surface area (Å²) in [6.45, 7) is 6.09. The van der Waals surface area contributed by atoms with Crippen LogP contribution in [0.5, 0.6) is 0 Å². The molecule has 8 nitrogen and oxygen atoms in total. The smallest absolute Gasteiger partial charge is 0.410 e. The third-order valence-electron chi connectivity index (χ3n) is 5.69. The molecule has 0 unspecified atom stereocenters. The van der Waals surface area contributed by atoms with E-state index in [1.807, 2.05) is 21.9 Å². The predicted molar refractivity (Wildman–Crippen MR) is 116 cm³/mol. The molecule has 0 bridgehead atoms. The maximum absolute atomic E-state index is 12.7. The zero-order chi connectivity index (χ0) is 21.8. The number of carbonyl (C=O) groups excluding carboxylic acids is 2. The maximum Gasteiger partial charge on any atom is 0.410 e. The van der Waals surface area contributed by atoms with Gasteiger partial charge in [-0.05, 0) is 43.4 Å². The Balaban J connectivity index is 1.28. The second-order valence-corrected chi connectivity index (χ2v) is 9.31. The molecule has 9 heteroatoms. The second kappa shape index (κ2) is 9.72. The van der Waals surface area contributed by atoms with Gasteiger partial charge in [0, 0.05) is 25.3 Å². The molecule has 0 aromatic carbocycles. The lowest BCUT2D eigenvalue weighted by Crippen LogP contribution is -2.50. The first-order chi connectivity index (χ1) is 15.0. The van der Waals surface area contributed by atoms with E-state index in [1.54, 1.807) is 18.5 Å². The molecule has 1 atom stereocenters. The number of amides is 2. The molecule has 2 saturated heterocycles. The van der Waals surface area contributed by atoms with Crippen molar-refractivity contribution in [3.05, 3.63) is 30.7 Å². The Morgan fingerprint density at radius 3 is 2.81 bits per heavy atom. The number of nitrogens with zero attached hydrogens (tertiary/aromatic N) is 4. The molecule has 2 aliphatic heterocycles. The molecule has 0 radical (unpaired) electrons. The van der Waals surface area contributed by atoms with Crippen LogP contribution < -0.4 is 0 Å². The van der Waals surface area contributed by atoms with Gasteiger partial charge in [0.2, 0.25) is 5.91 Å². The standard InChI is InChI=1S/C22H28N4O4S/c1-15(2)12-17-13-30-22(28)26(17)16-6-9-25(10-7-16)20(27)14-31-21-23-8-5-18(24-21)19-4-3-11-29-19/h3-5,8,11,15-17H,6-7,9-10,12-14H2,1-2H3/t17-/m1/s1. The molecular weight excluding hydrogens is 416 g/mol. The van der Waals surface area contributed by atoms with Crippen LogP contribution in [0.3, 0.4) is 0 Å². The summed E-state index contributed by atoms with van der Waals surface area (Å²) in [6, 6.07) is 5.72. The quantitative estimate of drug-likeness (QED) is 0.475. The summed E-state index contributed by atoms with van der Waals surface area (Å²) in [7, 11) is 0. The molecule has 2 amide bonds. The van der Waals surface area contributed by atoms with Crippen LogP contribution in [0.4, 0.5) is 4.79 Å². The van der Waals surface area contributed by atoms with Crippen molar-refractivity contribution >= 4 is 23.8 Å². The van der Waals surface area contributed by atoms with Crippen molar-refractivity contribution in [1.82, 2.24) is 19.8 Å². The average Bonchev–Trinajstić information content (AvgIpc) is 3.42. The highest BCUT2D eigenvalue weighted by atomic mass is 32.2. The molecule has 2 aromatic heterocycles. The van der Waals surface area contributed by atoms with Gasteiger partial charge in [-0.25, -0.2) is 14.8 Å². The van der Waals surface area contributed by atoms with Gasteiger partial charge >= 0.3 is 6.09 Å². The lowest BCUT2D eigenvalue weighted by molar-refractivity contribution is -0.129. The van der Waals surface area contributed by atoms with Crippen LogP contribution in [0.2, 0.25) is 0 Å². The maximum atomic E-state index is 12.7. The molecule has 166 valence electrons. The fourth-order valence-corrected chi connectivity index (χ4v) is 4.96. The summed E-state index contributed by atoms with van der Waals surface area (Å²) < 4.78 is 10.7. The van der Waals surface area contributed by atoms with E-state index >= 15 is 0 Å². The van der Waals surface area contributed by atoms with Crippen LogP contribution in [0.25, 0.3) is 11.5 Å². The van der Waals surface area contributed by atoms with Crippen LogP contribution in [0.15, 0.2) is 40.2 Å². The highest BCUT2D eigenvalue weighted by Crippen LogP contribution is 2.28. The van der Waals surface area contributed by atoms with E-state index in [9.17, 15) is 9.59 Å². The number of likely N-dealkylation sites (tertiary alicyclic amines) is 1. The third-order valence-corrected chi connectivity index (χ3v) is 6.54. The van der Waals surface area contributed by atoms with E-state index in [-0.39, 0.29) is 29.8 Å². The first kappa shape index (κ1) is 21.7. The summed E-state index contributed by atoms with van der Waals surface area (Å²) >= 11 is 1.33. The number of cyclic esters (lactones) is 1. The van der Waals surface area contributed by atoms with E-state index in [4.69, 9.17) is 9.15 Å². The molecule has 2 fully saturated rings. The fraction of sp³-hybridized carbons (Fsp3) is 0.545. The summed E-state index contributed by atoms with van der Waals surface area (Å²) in [4.78, 5) is 37.5. The highest BCUT2D eigenvalue weighted by Gasteiger charge is 2.39. The minimum atomic E-state index is -0.209. The summed E-state index contributed by atoms with van der Waals surface area (Å²) in [5.74, 6) is 1.54. The second-order valence-electron chi connectivity index (χ2n) is 8.37. The van der Waals surface area contributed by atoms with E-state index in [0.717, 1.165) is 19.3 Å². The number of aromatic nitrogens is 2. The van der Waals surface area contributed by atoms with E-state index in [2.05, 4.69) is 23.8 Å². The number of ether oxygens (including phenoxy) is 1. The monoisotopic (exact) mass is 444 g/mol. The molecule has 4 heterocycles. The topological polar surface area (TPSA) is 88.8 Å². The number of hydrogen-bond acceptors (Lipinski definition) is 7. The van der Waals surface area contributed by atoms with Crippen molar-refractivity contribution in [1.29, 1.82) is 0 Å². The van der Waals surface area contributed by atoms with E-state index < -0.39 is 0 Å². The minimum absolute atomic E-state index is 0.0678. The van der Waals surface area contributed by atoms with Gasteiger partial charge in [0.05, 0.1) is 18.1 Å². The Hall–Kier alpha value is -2.55. The lowest BCUT2D eigenvalue weighted by Gasteiger charge is -2.38. The van der Waals surface area contributed by atoms with Crippen molar-refractivity contribution < 1.29 is 18.7 Å². The third kappa shape index (κ3) is 5.20.